The Morgan fingerprint density at radius 3 is 1.76 bits per heavy atom. The Bertz CT molecular complexity index is 420. The molecule has 1 fully saturated rings. The standard InChI is InChI=1S/C6H9NO9S/c7-1-6(17(12,13)14)15-4(10)2(8)3(9)5(11)16-6/h2-3,8-9H,1,7H2,(H,12,13,14). The summed E-state index contributed by atoms with van der Waals surface area (Å²) < 4.78 is 38.9. The highest BCUT2D eigenvalue weighted by Gasteiger charge is 2.56. The van der Waals surface area contributed by atoms with Gasteiger partial charge in [-0.3, -0.25) is 4.55 Å². The number of hydrogen-bond donors (Lipinski definition) is 4. The molecule has 2 unspecified atom stereocenters. The second-order valence-corrected chi connectivity index (χ2v) is 4.67. The van der Waals surface area contributed by atoms with Crippen molar-refractivity contribution in [2.45, 2.75) is 17.3 Å². The smallest absolute Gasteiger partial charge is 0.398 e. The Hall–Kier alpha value is -1.27. The van der Waals surface area contributed by atoms with Gasteiger partial charge in [-0.15, -0.1) is 0 Å². The molecule has 0 spiro atoms. The predicted molar refractivity (Wildman–Crippen MR) is 47.5 cm³/mol. The highest BCUT2D eigenvalue weighted by molar-refractivity contribution is 7.87. The molecule has 1 heterocycles. The molecule has 11 heteroatoms. The van der Waals surface area contributed by atoms with E-state index < -0.39 is 45.9 Å². The molecule has 0 radical (unpaired) electrons. The molecular weight excluding hydrogens is 262 g/mol. The van der Waals surface area contributed by atoms with Gasteiger partial charge >= 0.3 is 27.2 Å². The van der Waals surface area contributed by atoms with E-state index in [2.05, 4.69) is 9.47 Å². The Morgan fingerprint density at radius 2 is 1.53 bits per heavy atom. The Morgan fingerprint density at radius 1 is 1.18 bits per heavy atom. The van der Waals surface area contributed by atoms with Gasteiger partial charge in [-0.25, -0.2) is 9.59 Å². The topological polar surface area (TPSA) is 173 Å². The van der Waals surface area contributed by atoms with Crippen molar-refractivity contribution in [2.24, 2.45) is 5.73 Å². The van der Waals surface area contributed by atoms with E-state index in [-0.39, 0.29) is 0 Å². The Labute approximate surface area is 94.7 Å². The summed E-state index contributed by atoms with van der Waals surface area (Å²) in [7, 11) is -5.21. The fourth-order valence-electron chi connectivity index (χ4n) is 1.000. The highest BCUT2D eigenvalue weighted by Crippen LogP contribution is 2.24. The summed E-state index contributed by atoms with van der Waals surface area (Å²) in [6, 6.07) is 0. The normalized spacial score (nSPS) is 34.8. The summed E-state index contributed by atoms with van der Waals surface area (Å²) in [4.78, 5) is 22.2. The zero-order chi connectivity index (χ0) is 13.4. The first kappa shape index (κ1) is 13.8. The van der Waals surface area contributed by atoms with Gasteiger partial charge in [0.25, 0.3) is 0 Å². The fraction of sp³-hybridized carbons (Fsp3) is 0.667. The van der Waals surface area contributed by atoms with E-state index >= 15 is 0 Å². The van der Waals surface area contributed by atoms with Crippen molar-refractivity contribution in [1.29, 1.82) is 0 Å². The molecule has 0 aromatic carbocycles. The van der Waals surface area contributed by atoms with E-state index in [1.807, 2.05) is 0 Å². The molecule has 5 N–H and O–H groups in total. The number of nitrogens with two attached hydrogens (primary N) is 1. The molecule has 0 aromatic heterocycles. The highest BCUT2D eigenvalue weighted by atomic mass is 32.2. The van der Waals surface area contributed by atoms with Gasteiger partial charge in [-0.1, -0.05) is 0 Å². The third kappa shape index (κ3) is 2.23. The Balaban J connectivity index is 3.28. The number of carbonyl (C=O) groups is 2. The van der Waals surface area contributed by atoms with Crippen LogP contribution in [0.1, 0.15) is 0 Å². The van der Waals surface area contributed by atoms with Crippen LogP contribution in [-0.4, -0.2) is 59.0 Å². The molecule has 98 valence electrons. The van der Waals surface area contributed by atoms with Gasteiger partial charge in [-0.2, -0.15) is 8.42 Å². The van der Waals surface area contributed by atoms with Crippen molar-refractivity contribution in [1.82, 2.24) is 0 Å². The maximum absolute atomic E-state index is 11.1. The monoisotopic (exact) mass is 271 g/mol. The van der Waals surface area contributed by atoms with E-state index in [0.29, 0.717) is 0 Å². The number of cyclic esters (lactones) is 2. The van der Waals surface area contributed by atoms with Crippen LogP contribution in [0.25, 0.3) is 0 Å². The van der Waals surface area contributed by atoms with Crippen LogP contribution in [0.15, 0.2) is 0 Å². The first-order valence-corrected chi connectivity index (χ1v) is 5.57. The van der Waals surface area contributed by atoms with Crippen molar-refractivity contribution >= 4 is 22.1 Å². The minimum absolute atomic E-state index is 1.11. The molecule has 17 heavy (non-hydrogen) atoms. The van der Waals surface area contributed by atoms with Gasteiger partial charge in [0.05, 0.1) is 6.54 Å². The molecule has 0 saturated carbocycles. The fourth-order valence-corrected chi connectivity index (χ4v) is 1.59. The molecule has 1 aliphatic rings. The zero-order valence-corrected chi connectivity index (χ0v) is 8.96. The maximum atomic E-state index is 11.1. The van der Waals surface area contributed by atoms with Crippen LogP contribution in [0.2, 0.25) is 0 Å². The molecule has 0 aromatic rings. The van der Waals surface area contributed by atoms with Crippen molar-refractivity contribution < 1.29 is 42.2 Å². The molecule has 0 aliphatic carbocycles. The quantitative estimate of drug-likeness (QED) is 0.289. The van der Waals surface area contributed by atoms with Crippen LogP contribution < -0.4 is 5.73 Å². The molecule has 10 nitrogen and oxygen atoms in total. The number of carbonyl (C=O) groups excluding carboxylic acids is 2. The third-order valence-electron chi connectivity index (χ3n) is 1.94. The molecule has 0 bridgehead atoms. The summed E-state index contributed by atoms with van der Waals surface area (Å²) in [5, 5.41) is 14.9. The average Bonchev–Trinajstić information content (AvgIpc) is 2.30. The van der Waals surface area contributed by atoms with Crippen LogP contribution in [-0.2, 0) is 29.2 Å². The number of esters is 2. The third-order valence-corrected chi connectivity index (χ3v) is 3.06. The van der Waals surface area contributed by atoms with Crippen LogP contribution in [0.3, 0.4) is 0 Å². The van der Waals surface area contributed by atoms with Gasteiger partial charge < -0.3 is 25.4 Å². The lowest BCUT2D eigenvalue weighted by molar-refractivity contribution is -0.195. The maximum Gasteiger partial charge on any atom is 0.398 e. The molecule has 2 atom stereocenters. The van der Waals surface area contributed by atoms with Gasteiger partial charge in [-0.05, 0) is 0 Å². The molecule has 1 rings (SSSR count). The molecule has 1 aliphatic heterocycles. The summed E-state index contributed by atoms with van der Waals surface area (Å²) in [6.07, 6.45) is -4.67. The second kappa shape index (κ2) is 4.19. The van der Waals surface area contributed by atoms with Crippen LogP contribution in [0, 0.1) is 0 Å². The van der Waals surface area contributed by atoms with E-state index in [0.717, 1.165) is 0 Å². The SMILES string of the molecule is NCC1(S(=O)(=O)O)OC(=O)C(O)C(O)C(=O)O1. The molecule has 1 saturated heterocycles. The zero-order valence-electron chi connectivity index (χ0n) is 8.14. The molecule has 0 amide bonds. The van der Waals surface area contributed by atoms with Gasteiger partial charge in [0.15, 0.2) is 12.2 Å². The van der Waals surface area contributed by atoms with Crippen molar-refractivity contribution in [3.05, 3.63) is 0 Å². The van der Waals surface area contributed by atoms with E-state index in [1.54, 1.807) is 0 Å². The summed E-state index contributed by atoms with van der Waals surface area (Å²) in [5.41, 5.74) is 4.95. The van der Waals surface area contributed by atoms with Gasteiger partial charge in [0.1, 0.15) is 0 Å². The lowest BCUT2D eigenvalue weighted by atomic mass is 10.2. The minimum atomic E-state index is -5.21. The van der Waals surface area contributed by atoms with E-state index in [1.165, 1.54) is 0 Å². The number of hydrogen-bond acceptors (Lipinski definition) is 9. The summed E-state index contributed by atoms with van der Waals surface area (Å²) in [6.45, 7) is -1.11. The summed E-state index contributed by atoms with van der Waals surface area (Å²) >= 11 is 0. The van der Waals surface area contributed by atoms with Gasteiger partial charge in [0.2, 0.25) is 0 Å². The van der Waals surface area contributed by atoms with Crippen molar-refractivity contribution in [2.75, 3.05) is 6.54 Å². The van der Waals surface area contributed by atoms with Crippen LogP contribution in [0.5, 0.6) is 0 Å². The number of aliphatic hydroxyl groups is 2. The first-order valence-electron chi connectivity index (χ1n) is 4.13. The van der Waals surface area contributed by atoms with Crippen molar-refractivity contribution in [3.63, 3.8) is 0 Å². The lowest BCUT2D eigenvalue weighted by Crippen LogP contribution is -2.51. The Kier molecular flexibility index (Phi) is 3.40. The van der Waals surface area contributed by atoms with E-state index in [4.69, 9.17) is 20.5 Å². The first-order chi connectivity index (χ1) is 7.64. The number of rotatable bonds is 2. The van der Waals surface area contributed by atoms with Crippen molar-refractivity contribution in [3.8, 4) is 0 Å². The predicted octanol–water partition coefficient (Wildman–Crippen LogP) is -3.69. The minimum Gasteiger partial charge on any atom is -0.404 e. The van der Waals surface area contributed by atoms with Gasteiger partial charge in [0, 0.05) is 0 Å². The number of ether oxygens (including phenoxy) is 2. The summed E-state index contributed by atoms with van der Waals surface area (Å²) in [5.74, 6) is -3.35. The molecular formula is C6H9NO9S. The lowest BCUT2D eigenvalue weighted by Gasteiger charge is -2.25. The van der Waals surface area contributed by atoms with E-state index in [9.17, 15) is 18.0 Å². The van der Waals surface area contributed by atoms with Crippen LogP contribution >= 0.6 is 0 Å². The largest absolute Gasteiger partial charge is 0.404 e. The number of aliphatic hydroxyl groups excluding tert-OH is 2. The second-order valence-electron chi connectivity index (χ2n) is 3.09. The van der Waals surface area contributed by atoms with Crippen LogP contribution in [0.4, 0.5) is 0 Å². The average molecular weight is 271 g/mol.